The third-order valence-corrected chi connectivity index (χ3v) is 7.84. The monoisotopic (exact) mass is 527 g/mol. The largest absolute Gasteiger partial charge is 0.497 e. The second-order valence-electron chi connectivity index (χ2n) is 8.40. The van der Waals surface area contributed by atoms with Crippen molar-refractivity contribution < 1.29 is 27.1 Å². The van der Waals surface area contributed by atoms with Crippen molar-refractivity contribution in [1.82, 2.24) is 10.2 Å². The van der Waals surface area contributed by atoms with E-state index in [1.165, 1.54) is 55.5 Å². The number of amides is 2. The fourth-order valence-corrected chi connectivity index (χ4v) is 5.19. The molecule has 10 heteroatoms. The van der Waals surface area contributed by atoms with Crippen LogP contribution in [0.5, 0.6) is 5.75 Å². The molecule has 1 N–H and O–H groups in total. The number of likely N-dealkylation sites (N-methyl/N-ethyl adjacent to an activating group) is 1. The lowest BCUT2D eigenvalue weighted by atomic mass is 10.1. The highest BCUT2D eigenvalue weighted by molar-refractivity contribution is 7.92. The van der Waals surface area contributed by atoms with E-state index in [9.17, 15) is 22.4 Å². The summed E-state index contributed by atoms with van der Waals surface area (Å²) in [7, 11) is -1.32. The zero-order valence-electron chi connectivity index (χ0n) is 21.1. The number of methoxy groups -OCH3 is 1. The average Bonchev–Trinajstić information content (AvgIpc) is 2.90. The van der Waals surface area contributed by atoms with Crippen molar-refractivity contribution in [2.45, 2.75) is 31.3 Å². The number of benzene rings is 3. The molecule has 196 valence electrons. The van der Waals surface area contributed by atoms with Crippen LogP contribution in [-0.2, 0) is 26.2 Å². The molecule has 0 saturated heterocycles. The number of nitrogens with one attached hydrogen (secondary N) is 1. The van der Waals surface area contributed by atoms with Crippen molar-refractivity contribution in [3.05, 3.63) is 89.7 Å². The third-order valence-electron chi connectivity index (χ3n) is 6.06. The Morgan fingerprint density at radius 2 is 1.62 bits per heavy atom. The molecule has 0 unspecified atom stereocenters. The molecule has 0 aliphatic rings. The Morgan fingerprint density at radius 1 is 1.00 bits per heavy atom. The van der Waals surface area contributed by atoms with Crippen LogP contribution < -0.4 is 14.4 Å². The molecule has 0 bridgehead atoms. The van der Waals surface area contributed by atoms with Gasteiger partial charge in [0.15, 0.2) is 0 Å². The summed E-state index contributed by atoms with van der Waals surface area (Å²) >= 11 is 0. The maximum absolute atomic E-state index is 13.7. The molecule has 8 nitrogen and oxygen atoms in total. The Kier molecular flexibility index (Phi) is 8.88. The predicted molar refractivity (Wildman–Crippen MR) is 139 cm³/mol. The van der Waals surface area contributed by atoms with Gasteiger partial charge in [0.05, 0.1) is 17.7 Å². The van der Waals surface area contributed by atoms with E-state index in [2.05, 4.69) is 5.32 Å². The van der Waals surface area contributed by atoms with Crippen LogP contribution in [0.25, 0.3) is 0 Å². The Morgan fingerprint density at radius 3 is 2.19 bits per heavy atom. The molecule has 0 heterocycles. The van der Waals surface area contributed by atoms with E-state index in [-0.39, 0.29) is 17.1 Å². The summed E-state index contributed by atoms with van der Waals surface area (Å²) in [5.41, 5.74) is 1.85. The van der Waals surface area contributed by atoms with Crippen molar-refractivity contribution in [2.75, 3.05) is 25.0 Å². The first-order valence-corrected chi connectivity index (χ1v) is 13.0. The van der Waals surface area contributed by atoms with E-state index in [1.807, 2.05) is 31.2 Å². The van der Waals surface area contributed by atoms with E-state index in [0.717, 1.165) is 27.6 Å². The van der Waals surface area contributed by atoms with Gasteiger partial charge >= 0.3 is 0 Å². The summed E-state index contributed by atoms with van der Waals surface area (Å²) in [6.45, 7) is 2.96. The average molecular weight is 528 g/mol. The van der Waals surface area contributed by atoms with E-state index >= 15 is 0 Å². The van der Waals surface area contributed by atoms with Crippen LogP contribution in [0.4, 0.5) is 10.1 Å². The number of rotatable bonds is 10. The smallest absolute Gasteiger partial charge is 0.264 e. The van der Waals surface area contributed by atoms with Gasteiger partial charge in [-0.05, 0) is 73.5 Å². The number of carbonyl (C=O) groups excluding carboxylic acids is 2. The second kappa shape index (κ2) is 11.9. The van der Waals surface area contributed by atoms with Crippen molar-refractivity contribution >= 4 is 27.5 Å². The van der Waals surface area contributed by atoms with E-state index in [1.54, 1.807) is 6.92 Å². The molecule has 3 rings (SSSR count). The van der Waals surface area contributed by atoms with Crippen LogP contribution in [0.3, 0.4) is 0 Å². The number of ether oxygens (including phenoxy) is 1. The highest BCUT2D eigenvalue weighted by Crippen LogP contribution is 2.26. The second-order valence-corrected chi connectivity index (χ2v) is 10.3. The zero-order valence-corrected chi connectivity index (χ0v) is 22.0. The topological polar surface area (TPSA) is 96.0 Å². The normalized spacial score (nSPS) is 11.9. The van der Waals surface area contributed by atoms with Crippen molar-refractivity contribution in [1.29, 1.82) is 0 Å². The van der Waals surface area contributed by atoms with Crippen molar-refractivity contribution in [3.8, 4) is 5.75 Å². The van der Waals surface area contributed by atoms with Crippen LogP contribution in [0.2, 0.25) is 0 Å². The molecule has 0 aliphatic carbocycles. The van der Waals surface area contributed by atoms with E-state index in [4.69, 9.17) is 4.74 Å². The van der Waals surface area contributed by atoms with Gasteiger partial charge in [-0.3, -0.25) is 13.9 Å². The Bertz CT molecular complexity index is 1350. The van der Waals surface area contributed by atoms with Gasteiger partial charge in [0, 0.05) is 13.6 Å². The van der Waals surface area contributed by atoms with Crippen LogP contribution in [-0.4, -0.2) is 51.9 Å². The molecule has 3 aromatic rings. The number of sulfonamides is 1. The quantitative estimate of drug-likeness (QED) is 0.436. The lowest BCUT2D eigenvalue weighted by Gasteiger charge is -2.32. The minimum absolute atomic E-state index is 0.0739. The molecule has 37 heavy (non-hydrogen) atoms. The summed E-state index contributed by atoms with van der Waals surface area (Å²) in [6, 6.07) is 17.1. The number of nitrogens with zero attached hydrogens (tertiary/aromatic N) is 2. The van der Waals surface area contributed by atoms with Gasteiger partial charge < -0.3 is 15.0 Å². The van der Waals surface area contributed by atoms with Crippen molar-refractivity contribution in [2.24, 2.45) is 0 Å². The number of hydrogen-bond acceptors (Lipinski definition) is 5. The number of anilines is 1. The fourth-order valence-electron chi connectivity index (χ4n) is 3.77. The standard InChI is InChI=1S/C27H30FN3O5S/c1-19-7-5-6-8-21(19)17-30(20(2)27(33)29-3)26(32)18-31(23-11-9-22(28)10-12-23)37(34,35)25-15-13-24(36-4)14-16-25/h5-16,20H,17-18H2,1-4H3,(H,29,33)/t20-/m1/s1. The first-order valence-electron chi connectivity index (χ1n) is 11.6. The Balaban J connectivity index is 2.03. The molecule has 0 radical (unpaired) electrons. The van der Waals surface area contributed by atoms with E-state index in [0.29, 0.717) is 5.75 Å². The van der Waals surface area contributed by atoms with Gasteiger partial charge in [-0.2, -0.15) is 0 Å². The highest BCUT2D eigenvalue weighted by Gasteiger charge is 2.32. The molecule has 0 aromatic heterocycles. The number of carbonyl (C=O) groups is 2. The van der Waals surface area contributed by atoms with Gasteiger partial charge in [0.25, 0.3) is 10.0 Å². The summed E-state index contributed by atoms with van der Waals surface area (Å²) in [5, 5.41) is 2.54. The maximum atomic E-state index is 13.7. The van der Waals surface area contributed by atoms with Crippen LogP contribution in [0, 0.1) is 12.7 Å². The van der Waals surface area contributed by atoms with E-state index < -0.39 is 40.2 Å². The zero-order chi connectivity index (χ0) is 27.2. The van der Waals surface area contributed by atoms with Crippen LogP contribution in [0.15, 0.2) is 77.7 Å². The van der Waals surface area contributed by atoms with Crippen LogP contribution in [0.1, 0.15) is 18.1 Å². The summed E-state index contributed by atoms with van der Waals surface area (Å²) in [5.74, 6) is -1.08. The van der Waals surface area contributed by atoms with Gasteiger partial charge in [0.1, 0.15) is 24.2 Å². The lowest BCUT2D eigenvalue weighted by molar-refractivity contribution is -0.139. The van der Waals surface area contributed by atoms with Gasteiger partial charge in [-0.15, -0.1) is 0 Å². The molecule has 0 saturated carbocycles. The molecule has 2 amide bonds. The third kappa shape index (κ3) is 6.45. The first kappa shape index (κ1) is 27.7. The minimum atomic E-state index is -4.25. The first-order chi connectivity index (χ1) is 17.6. The highest BCUT2D eigenvalue weighted by atomic mass is 32.2. The van der Waals surface area contributed by atoms with Crippen molar-refractivity contribution in [3.63, 3.8) is 0 Å². The van der Waals surface area contributed by atoms with Gasteiger partial charge in [-0.1, -0.05) is 24.3 Å². The number of aryl methyl sites for hydroxylation is 1. The van der Waals surface area contributed by atoms with Gasteiger partial charge in [0.2, 0.25) is 11.8 Å². The molecule has 0 fully saturated rings. The molecular weight excluding hydrogens is 497 g/mol. The maximum Gasteiger partial charge on any atom is 0.264 e. The molecule has 0 aliphatic heterocycles. The predicted octanol–water partition coefficient (Wildman–Crippen LogP) is 3.50. The molecule has 1 atom stereocenters. The molecule has 0 spiro atoms. The summed E-state index contributed by atoms with van der Waals surface area (Å²) in [4.78, 5) is 27.5. The SMILES string of the molecule is CNC(=O)[C@@H](C)N(Cc1ccccc1C)C(=O)CN(c1ccc(F)cc1)S(=O)(=O)c1ccc(OC)cc1. The lowest BCUT2D eigenvalue weighted by Crippen LogP contribution is -2.50. The Hall–Kier alpha value is -3.92. The fraction of sp³-hybridized carbons (Fsp3) is 0.259. The number of hydrogen-bond donors (Lipinski definition) is 1. The number of halogens is 1. The minimum Gasteiger partial charge on any atom is -0.497 e. The molecular formula is C27H30FN3O5S. The summed E-state index contributed by atoms with van der Waals surface area (Å²) in [6.07, 6.45) is 0. The van der Waals surface area contributed by atoms with Gasteiger partial charge in [-0.25, -0.2) is 12.8 Å². The summed E-state index contributed by atoms with van der Waals surface area (Å²) < 4.78 is 47.1. The Labute approximate surface area is 216 Å². The van der Waals surface area contributed by atoms with Crippen LogP contribution >= 0.6 is 0 Å². The molecule has 3 aromatic carbocycles.